The van der Waals surface area contributed by atoms with E-state index in [0.717, 1.165) is 171 Å². The molecule has 84 heavy (non-hydrogen) atoms. The molecule has 0 saturated heterocycles. The fraction of sp³-hybridized carbons (Fsp3) is 0. The van der Waals surface area contributed by atoms with E-state index in [2.05, 4.69) is 210 Å². The standard InChI is InChI=1S/C68H36N4S12/c1-13-37(73-25-1)49-50(38-14-2-26-74-38)62-58(46-22-10-34-82-46)64-53(41-17-5-29-77-41)54(42-18-6-30-78-42)66(71-64)60(48-24-12-36-84-48)68-56(44-20-8-32-80-44)55(43-19-7-31-79-43)67(72-68)59(47-23-11-35-83-47)65-52(40-16-4-28-76-40)51(39-15-3-27-75-39)63(70-65)57(61(49)69-62)45-21-9-33-81-45/h1-36H. The van der Waals surface area contributed by atoms with Crippen molar-refractivity contribution in [2.24, 2.45) is 20.0 Å². The zero-order chi connectivity index (χ0) is 55.2. The Balaban J connectivity index is 1.16. The van der Waals surface area contributed by atoms with Gasteiger partial charge in [-0.2, -0.15) is 0 Å². The minimum atomic E-state index is 0.887. The molecular formula is C68H36N4S12. The van der Waals surface area contributed by atoms with E-state index in [0.29, 0.717) is 0 Å². The maximum absolute atomic E-state index is 6.33. The van der Waals surface area contributed by atoms with Crippen LogP contribution in [0.25, 0.3) is 66.9 Å². The summed E-state index contributed by atoms with van der Waals surface area (Å²) in [6, 6.07) is 53.4. The molecule has 0 radical (unpaired) electrons. The lowest BCUT2D eigenvalue weighted by molar-refractivity contribution is 1.43. The summed E-state index contributed by atoms with van der Waals surface area (Å²) >= 11 is 21.0. The molecule has 8 bridgehead atoms. The number of allylic oxidation sites excluding steroid dienone is 12. The van der Waals surface area contributed by atoms with E-state index in [9.17, 15) is 0 Å². The van der Waals surface area contributed by atoms with Crippen LogP contribution in [0.15, 0.2) is 253 Å². The molecule has 12 aromatic rings. The van der Waals surface area contributed by atoms with Crippen LogP contribution in [0.3, 0.4) is 0 Å². The predicted octanol–water partition coefficient (Wildman–Crippen LogP) is 22.6. The van der Waals surface area contributed by atoms with Crippen molar-refractivity contribution in [2.45, 2.75) is 0 Å². The summed E-state index contributed by atoms with van der Waals surface area (Å²) in [5.74, 6) is 0. The molecule has 0 saturated carbocycles. The van der Waals surface area contributed by atoms with Crippen LogP contribution in [0, 0.1) is 0 Å². The van der Waals surface area contributed by atoms with Crippen molar-refractivity contribution >= 4 is 226 Å². The van der Waals surface area contributed by atoms with Gasteiger partial charge in [-0.15, -0.1) is 136 Å². The number of thiophene rings is 12. The third-order valence-electron chi connectivity index (χ3n) is 14.9. The Hall–Kier alpha value is -7.00. The Morgan fingerprint density at radius 2 is 0.286 bits per heavy atom. The largest absolute Gasteiger partial charge is 0.246 e. The minimum Gasteiger partial charge on any atom is -0.246 e. The molecule has 400 valence electrons. The van der Waals surface area contributed by atoms with E-state index in [1.165, 1.54) is 0 Å². The highest BCUT2D eigenvalue weighted by atomic mass is 32.1. The average Bonchev–Trinajstić information content (AvgIpc) is 1.69. The highest BCUT2D eigenvalue weighted by molar-refractivity contribution is 7.17. The summed E-state index contributed by atoms with van der Waals surface area (Å²) in [6.07, 6.45) is 0. The fourth-order valence-electron chi connectivity index (χ4n) is 11.6. The first-order valence-corrected chi connectivity index (χ1v) is 37.1. The molecule has 16 heteroatoms. The third kappa shape index (κ3) is 8.41. The highest BCUT2D eigenvalue weighted by Crippen LogP contribution is 2.59. The first-order chi connectivity index (χ1) is 41.7. The highest BCUT2D eigenvalue weighted by Gasteiger charge is 2.44. The van der Waals surface area contributed by atoms with Crippen LogP contribution < -0.4 is 0 Å². The zero-order valence-corrected chi connectivity index (χ0v) is 53.3. The molecule has 0 fully saturated rings. The Labute approximate surface area is 531 Å². The van der Waals surface area contributed by atoms with Crippen molar-refractivity contribution in [3.8, 4) is 0 Å². The van der Waals surface area contributed by atoms with Gasteiger partial charge in [-0.05, 0) is 137 Å². The van der Waals surface area contributed by atoms with Gasteiger partial charge in [0.1, 0.15) is 0 Å². The SMILES string of the molecule is c1csc(C2=C3N=C(C(c4cccs4)=C4N=C(C(c5cccs5)=C5N=C(C(c6cccs6)=C6N=C2C(c2cccs2)=C6c2cccs2)C(c2cccs2)=C5c2cccs2)C(c2cccs2)=C4c2cccs2)C(c2cccs2)=C3c2cccs2)c1. The molecular weight excluding hydrogens is 1260 g/mol. The monoisotopic (exact) mass is 1290 g/mol. The van der Waals surface area contributed by atoms with Crippen LogP contribution in [0.4, 0.5) is 0 Å². The van der Waals surface area contributed by atoms with Crippen molar-refractivity contribution in [1.82, 2.24) is 0 Å². The molecule has 0 N–H and O–H groups in total. The Morgan fingerprint density at radius 3 is 0.417 bits per heavy atom. The lowest BCUT2D eigenvalue weighted by atomic mass is 9.88. The molecule has 4 aliphatic heterocycles. The van der Waals surface area contributed by atoms with Gasteiger partial charge >= 0.3 is 0 Å². The first kappa shape index (κ1) is 51.4. The molecule has 12 aromatic heterocycles. The van der Waals surface area contributed by atoms with E-state index in [1.54, 1.807) is 136 Å². The summed E-state index contributed by atoms with van der Waals surface area (Å²) in [4.78, 5) is 38.8. The number of fused-ring (bicyclic) bond motifs is 8. The van der Waals surface area contributed by atoms with E-state index < -0.39 is 0 Å². The van der Waals surface area contributed by atoms with Gasteiger partial charge in [0.2, 0.25) is 0 Å². The molecule has 4 nitrogen and oxygen atoms in total. The average molecular weight is 1290 g/mol. The number of hydrogen-bond acceptors (Lipinski definition) is 16. The minimum absolute atomic E-state index is 0.887. The fourth-order valence-corrected chi connectivity index (χ4v) is 20.9. The Kier molecular flexibility index (Phi) is 13.2. The van der Waals surface area contributed by atoms with E-state index in [1.807, 2.05) is 0 Å². The molecule has 0 amide bonds. The summed E-state index contributed by atoms with van der Waals surface area (Å²) in [5, 5.41) is 26.4. The van der Waals surface area contributed by atoms with Crippen LogP contribution in [-0.4, -0.2) is 22.8 Å². The van der Waals surface area contributed by atoms with Gasteiger partial charge in [-0.3, -0.25) is 0 Å². The van der Waals surface area contributed by atoms with E-state index >= 15 is 0 Å². The summed E-state index contributed by atoms with van der Waals surface area (Å²) in [6.45, 7) is 0. The van der Waals surface area contributed by atoms with Crippen molar-refractivity contribution < 1.29 is 0 Å². The molecule has 0 aromatic carbocycles. The molecule has 16 heterocycles. The Bertz CT molecular complexity index is 4250. The van der Waals surface area contributed by atoms with Crippen molar-refractivity contribution in [1.29, 1.82) is 0 Å². The van der Waals surface area contributed by atoms with Gasteiger partial charge in [0.15, 0.2) is 0 Å². The molecule has 0 unspecified atom stereocenters. The van der Waals surface area contributed by atoms with Gasteiger partial charge in [0, 0.05) is 125 Å². The van der Waals surface area contributed by atoms with E-state index in [-0.39, 0.29) is 0 Å². The van der Waals surface area contributed by atoms with Crippen LogP contribution in [0.2, 0.25) is 0 Å². The van der Waals surface area contributed by atoms with E-state index in [4.69, 9.17) is 20.0 Å². The maximum atomic E-state index is 6.33. The lowest BCUT2D eigenvalue weighted by Gasteiger charge is -2.15. The quantitative estimate of drug-likeness (QED) is 0.117. The number of aliphatic imine (C=N–C) groups is 4. The summed E-state index contributed by atoms with van der Waals surface area (Å²) < 4.78 is 0. The predicted molar refractivity (Wildman–Crippen MR) is 377 cm³/mol. The van der Waals surface area contributed by atoms with Crippen LogP contribution in [0.5, 0.6) is 0 Å². The second kappa shape index (κ2) is 21.5. The Morgan fingerprint density at radius 1 is 0.155 bits per heavy atom. The van der Waals surface area contributed by atoms with Gasteiger partial charge < -0.3 is 0 Å². The first-order valence-electron chi connectivity index (χ1n) is 26.5. The lowest BCUT2D eigenvalue weighted by Crippen LogP contribution is -2.06. The molecule has 0 atom stereocenters. The number of hydrogen-bond donors (Lipinski definition) is 0. The zero-order valence-electron chi connectivity index (χ0n) is 43.5. The van der Waals surface area contributed by atoms with Crippen LogP contribution in [0.1, 0.15) is 58.5 Å². The number of rotatable bonds is 12. The van der Waals surface area contributed by atoms with Gasteiger partial charge in [-0.25, -0.2) is 20.0 Å². The molecule has 1 aliphatic carbocycles. The third-order valence-corrected chi connectivity index (χ3v) is 25.5. The number of nitrogens with zero attached hydrogens (tertiary/aromatic N) is 4. The molecule has 5 aliphatic rings. The van der Waals surface area contributed by atoms with Gasteiger partial charge in [0.05, 0.1) is 45.6 Å². The van der Waals surface area contributed by atoms with Crippen LogP contribution in [-0.2, 0) is 0 Å². The second-order valence-electron chi connectivity index (χ2n) is 19.5. The van der Waals surface area contributed by atoms with Crippen LogP contribution >= 0.6 is 136 Å². The second-order valence-corrected chi connectivity index (χ2v) is 30.8. The molecule has 0 spiro atoms. The van der Waals surface area contributed by atoms with Crippen molar-refractivity contribution in [2.75, 3.05) is 0 Å². The summed E-state index contributed by atoms with van der Waals surface area (Å²) in [7, 11) is 0. The smallest absolute Gasteiger partial charge is 0.0839 e. The summed E-state index contributed by atoms with van der Waals surface area (Å²) in [5.41, 5.74) is 19.7. The topological polar surface area (TPSA) is 49.4 Å². The van der Waals surface area contributed by atoms with Gasteiger partial charge in [-0.1, -0.05) is 72.8 Å². The van der Waals surface area contributed by atoms with Crippen molar-refractivity contribution in [3.05, 3.63) is 291 Å². The molecule has 17 rings (SSSR count). The normalized spacial score (nSPS) is 16.5. The van der Waals surface area contributed by atoms with Crippen molar-refractivity contribution in [3.63, 3.8) is 0 Å². The maximum Gasteiger partial charge on any atom is 0.0839 e. The van der Waals surface area contributed by atoms with Gasteiger partial charge in [0.25, 0.3) is 0 Å².